The molecule has 0 heterocycles. The highest BCUT2D eigenvalue weighted by Crippen LogP contribution is 2.34. The van der Waals surface area contributed by atoms with E-state index in [-0.39, 0.29) is 0 Å². The summed E-state index contributed by atoms with van der Waals surface area (Å²) < 4.78 is 53.2. The summed E-state index contributed by atoms with van der Waals surface area (Å²) in [5, 5.41) is 0. The van der Waals surface area contributed by atoms with Crippen LogP contribution in [0, 0.1) is 23.3 Å². The van der Waals surface area contributed by atoms with Gasteiger partial charge >= 0.3 is 0 Å². The third kappa shape index (κ3) is 2.44. The minimum atomic E-state index is -0.849. The summed E-state index contributed by atoms with van der Waals surface area (Å²) in [6.07, 6.45) is 0. The molecule has 17 heavy (non-hydrogen) atoms. The fraction of sp³-hybridized carbons (Fsp3) is 0. The largest absolute Gasteiger partial charge is 0.206 e. The summed E-state index contributed by atoms with van der Waals surface area (Å²) in [6.45, 7) is 0. The van der Waals surface area contributed by atoms with Gasteiger partial charge in [-0.25, -0.2) is 17.6 Å². The number of hydrogen-bond acceptors (Lipinski definition) is 1. The zero-order valence-electron chi connectivity index (χ0n) is 8.38. The number of benzene rings is 2. The Bertz CT molecular complexity index is 464. The van der Waals surface area contributed by atoms with E-state index in [1.54, 1.807) is 0 Å². The van der Waals surface area contributed by atoms with Crippen molar-refractivity contribution in [3.05, 3.63) is 59.7 Å². The number of halogens is 4. The van der Waals surface area contributed by atoms with Gasteiger partial charge in [-0.15, -0.1) is 0 Å². The highest BCUT2D eigenvalue weighted by molar-refractivity contribution is 7.99. The quantitative estimate of drug-likeness (QED) is 0.720. The fourth-order valence-corrected chi connectivity index (χ4v) is 2.13. The van der Waals surface area contributed by atoms with Crippen LogP contribution >= 0.6 is 11.8 Å². The van der Waals surface area contributed by atoms with E-state index in [1.165, 1.54) is 12.1 Å². The molecular weight excluding hydrogens is 252 g/mol. The fourth-order valence-electron chi connectivity index (χ4n) is 1.26. The van der Waals surface area contributed by atoms with Gasteiger partial charge in [0.05, 0.1) is 9.79 Å². The van der Waals surface area contributed by atoms with E-state index in [4.69, 9.17) is 0 Å². The van der Waals surface area contributed by atoms with Crippen LogP contribution in [0.2, 0.25) is 0 Å². The Morgan fingerprint density at radius 1 is 0.588 bits per heavy atom. The van der Waals surface area contributed by atoms with Crippen molar-refractivity contribution in [2.75, 3.05) is 0 Å². The summed E-state index contributed by atoms with van der Waals surface area (Å²) in [4.78, 5) is -0.840. The van der Waals surface area contributed by atoms with Gasteiger partial charge < -0.3 is 0 Å². The molecule has 0 amide bonds. The predicted octanol–water partition coefficient (Wildman–Crippen LogP) is 4.39. The van der Waals surface area contributed by atoms with Gasteiger partial charge in [-0.3, -0.25) is 0 Å². The van der Waals surface area contributed by atoms with Crippen molar-refractivity contribution in [1.82, 2.24) is 0 Å². The maximum absolute atomic E-state index is 13.3. The Balaban J connectivity index is 2.45. The standard InChI is InChI=1S/C12H6F4S/c13-7-3-1-4-8(14)11(7)17-12-9(15)5-2-6-10(12)16/h1-6H. The minimum absolute atomic E-state index is 0.394. The Kier molecular flexibility index (Phi) is 3.38. The van der Waals surface area contributed by atoms with Crippen molar-refractivity contribution < 1.29 is 17.6 Å². The molecule has 2 aromatic carbocycles. The lowest BCUT2D eigenvalue weighted by atomic mass is 10.3. The normalized spacial score (nSPS) is 10.6. The first-order chi connectivity index (χ1) is 8.09. The van der Waals surface area contributed by atoms with Crippen LogP contribution in [0.5, 0.6) is 0 Å². The first-order valence-corrected chi connectivity index (χ1v) is 5.47. The van der Waals surface area contributed by atoms with Gasteiger partial charge in [0, 0.05) is 0 Å². The molecule has 0 fully saturated rings. The van der Waals surface area contributed by atoms with E-state index in [1.807, 2.05) is 0 Å². The van der Waals surface area contributed by atoms with Crippen molar-refractivity contribution in [1.29, 1.82) is 0 Å². The zero-order valence-corrected chi connectivity index (χ0v) is 9.20. The second-order valence-corrected chi connectivity index (χ2v) is 4.22. The molecule has 0 nitrogen and oxygen atoms in total. The molecular formula is C12H6F4S. The molecule has 88 valence electrons. The average Bonchev–Trinajstić information content (AvgIpc) is 2.27. The molecule has 5 heteroatoms. The van der Waals surface area contributed by atoms with Crippen molar-refractivity contribution in [2.24, 2.45) is 0 Å². The summed E-state index contributed by atoms with van der Waals surface area (Å²) in [5.74, 6) is -3.40. The summed E-state index contributed by atoms with van der Waals surface area (Å²) >= 11 is 0.394. The van der Waals surface area contributed by atoms with E-state index in [9.17, 15) is 17.6 Å². The van der Waals surface area contributed by atoms with Crippen LogP contribution in [0.1, 0.15) is 0 Å². The van der Waals surface area contributed by atoms with Crippen LogP contribution < -0.4 is 0 Å². The monoisotopic (exact) mass is 258 g/mol. The van der Waals surface area contributed by atoms with Crippen molar-refractivity contribution >= 4 is 11.8 Å². The molecule has 0 atom stereocenters. The molecule has 0 aliphatic carbocycles. The van der Waals surface area contributed by atoms with Crippen LogP contribution in [-0.4, -0.2) is 0 Å². The zero-order chi connectivity index (χ0) is 12.4. The predicted molar refractivity (Wildman–Crippen MR) is 56.8 cm³/mol. The second kappa shape index (κ2) is 4.79. The molecule has 0 N–H and O–H groups in total. The Labute approximate surface area is 99.3 Å². The van der Waals surface area contributed by atoms with Crippen LogP contribution in [0.25, 0.3) is 0 Å². The van der Waals surface area contributed by atoms with Crippen molar-refractivity contribution in [3.63, 3.8) is 0 Å². The van der Waals surface area contributed by atoms with E-state index in [2.05, 4.69) is 0 Å². The molecule has 0 spiro atoms. The Morgan fingerprint density at radius 2 is 0.882 bits per heavy atom. The second-order valence-electron chi connectivity index (χ2n) is 3.20. The Hall–Kier alpha value is -1.49. The minimum Gasteiger partial charge on any atom is -0.206 e. The maximum Gasteiger partial charge on any atom is 0.140 e. The van der Waals surface area contributed by atoms with Gasteiger partial charge in [0.15, 0.2) is 0 Å². The lowest BCUT2D eigenvalue weighted by Gasteiger charge is -2.06. The highest BCUT2D eigenvalue weighted by Gasteiger charge is 2.15. The molecule has 0 aromatic heterocycles. The molecule has 0 unspecified atom stereocenters. The molecule has 0 bridgehead atoms. The molecule has 0 saturated heterocycles. The third-order valence-corrected chi connectivity index (χ3v) is 3.23. The number of hydrogen-bond donors (Lipinski definition) is 0. The molecule has 0 radical (unpaired) electrons. The maximum atomic E-state index is 13.3. The van der Waals surface area contributed by atoms with E-state index in [0.717, 1.165) is 24.3 Å². The summed E-state index contributed by atoms with van der Waals surface area (Å²) in [6, 6.07) is 6.50. The van der Waals surface area contributed by atoms with Crippen LogP contribution in [-0.2, 0) is 0 Å². The molecule has 0 saturated carbocycles. The number of rotatable bonds is 2. The van der Waals surface area contributed by atoms with Crippen LogP contribution in [0.15, 0.2) is 46.2 Å². The van der Waals surface area contributed by atoms with Gasteiger partial charge in [0.25, 0.3) is 0 Å². The van der Waals surface area contributed by atoms with Crippen molar-refractivity contribution in [2.45, 2.75) is 9.79 Å². The average molecular weight is 258 g/mol. The molecule has 0 aliphatic heterocycles. The van der Waals surface area contributed by atoms with Gasteiger partial charge in [-0.05, 0) is 24.3 Å². The SMILES string of the molecule is Fc1cccc(F)c1Sc1c(F)cccc1F. The summed E-state index contributed by atoms with van der Waals surface area (Å²) in [7, 11) is 0. The van der Waals surface area contributed by atoms with E-state index >= 15 is 0 Å². The smallest absolute Gasteiger partial charge is 0.140 e. The van der Waals surface area contributed by atoms with Crippen LogP contribution in [0.4, 0.5) is 17.6 Å². The van der Waals surface area contributed by atoms with Gasteiger partial charge in [-0.1, -0.05) is 23.9 Å². The van der Waals surface area contributed by atoms with Crippen molar-refractivity contribution in [3.8, 4) is 0 Å². The van der Waals surface area contributed by atoms with Gasteiger partial charge in [0.1, 0.15) is 23.3 Å². The lowest BCUT2D eigenvalue weighted by molar-refractivity contribution is 0.531. The topological polar surface area (TPSA) is 0 Å². The first-order valence-electron chi connectivity index (χ1n) is 4.65. The van der Waals surface area contributed by atoms with Crippen LogP contribution in [0.3, 0.4) is 0 Å². The highest BCUT2D eigenvalue weighted by atomic mass is 32.2. The third-order valence-electron chi connectivity index (χ3n) is 2.04. The van der Waals surface area contributed by atoms with Gasteiger partial charge in [0.2, 0.25) is 0 Å². The van der Waals surface area contributed by atoms with Gasteiger partial charge in [-0.2, -0.15) is 0 Å². The Morgan fingerprint density at radius 3 is 1.18 bits per heavy atom. The lowest BCUT2D eigenvalue weighted by Crippen LogP contribution is -1.91. The molecule has 0 aliphatic rings. The molecule has 2 aromatic rings. The van der Waals surface area contributed by atoms with E-state index in [0.29, 0.717) is 11.8 Å². The van der Waals surface area contributed by atoms with E-state index < -0.39 is 33.1 Å². The summed E-state index contributed by atoms with van der Waals surface area (Å²) in [5.41, 5.74) is 0. The molecule has 2 rings (SSSR count). The first kappa shape index (κ1) is 12.0.